The molecular formula is C19H38N4O. The van der Waals surface area contributed by atoms with Crippen molar-refractivity contribution < 1.29 is 4.79 Å². The molecule has 0 spiro atoms. The first-order valence-corrected chi connectivity index (χ1v) is 10.1. The first-order valence-electron chi connectivity index (χ1n) is 10.1. The smallest absolute Gasteiger partial charge is 0.314 e. The van der Waals surface area contributed by atoms with Crippen molar-refractivity contribution in [3.8, 4) is 0 Å². The van der Waals surface area contributed by atoms with E-state index in [-0.39, 0.29) is 6.03 Å². The number of unbranched alkanes of at least 4 members (excludes halogenated alkanes) is 1. The molecule has 140 valence electrons. The highest BCUT2D eigenvalue weighted by Gasteiger charge is 2.16. The van der Waals surface area contributed by atoms with Crippen molar-refractivity contribution in [1.29, 1.82) is 0 Å². The maximum atomic E-state index is 11.8. The van der Waals surface area contributed by atoms with Crippen LogP contribution >= 0.6 is 0 Å². The number of rotatable bonds is 8. The minimum absolute atomic E-state index is 0.00743. The Labute approximate surface area is 148 Å². The van der Waals surface area contributed by atoms with E-state index in [0.717, 1.165) is 37.9 Å². The van der Waals surface area contributed by atoms with E-state index in [0.29, 0.717) is 0 Å². The molecule has 2 fully saturated rings. The minimum atomic E-state index is -0.00743. The van der Waals surface area contributed by atoms with Gasteiger partial charge in [0.15, 0.2) is 0 Å². The molecule has 0 bridgehead atoms. The third kappa shape index (κ3) is 7.84. The molecule has 0 aromatic rings. The molecule has 2 rings (SSSR count). The van der Waals surface area contributed by atoms with Gasteiger partial charge in [-0.15, -0.1) is 0 Å². The third-order valence-electron chi connectivity index (χ3n) is 5.52. The van der Waals surface area contributed by atoms with E-state index in [9.17, 15) is 4.79 Å². The number of nitrogens with zero attached hydrogens (tertiary/aromatic N) is 2. The second-order valence-corrected chi connectivity index (χ2v) is 7.96. The largest absolute Gasteiger partial charge is 0.338 e. The first-order chi connectivity index (χ1) is 11.6. The van der Waals surface area contributed by atoms with Crippen molar-refractivity contribution in [3.63, 3.8) is 0 Å². The molecule has 0 saturated carbocycles. The topological polar surface area (TPSA) is 47.6 Å². The summed E-state index contributed by atoms with van der Waals surface area (Å²) in [5, 5.41) is 5.97. The number of carbonyl (C=O) groups excluding carboxylic acids is 1. The lowest BCUT2D eigenvalue weighted by Gasteiger charge is -2.30. The number of amides is 2. The molecule has 0 aromatic carbocycles. The molecule has 5 heteroatoms. The van der Waals surface area contributed by atoms with E-state index in [1.165, 1.54) is 64.8 Å². The number of piperidine rings is 2. The molecule has 0 aliphatic carbocycles. The average Bonchev–Trinajstić information content (AvgIpc) is 2.56. The van der Waals surface area contributed by atoms with Crippen molar-refractivity contribution in [2.24, 2.45) is 11.8 Å². The van der Waals surface area contributed by atoms with Gasteiger partial charge in [-0.3, -0.25) is 0 Å². The van der Waals surface area contributed by atoms with Crippen LogP contribution in [0.5, 0.6) is 0 Å². The predicted octanol–water partition coefficient (Wildman–Crippen LogP) is 2.53. The van der Waals surface area contributed by atoms with E-state index < -0.39 is 0 Å². The number of hydrogen-bond acceptors (Lipinski definition) is 3. The van der Waals surface area contributed by atoms with Gasteiger partial charge in [-0.05, 0) is 76.5 Å². The summed E-state index contributed by atoms with van der Waals surface area (Å²) >= 11 is 0. The van der Waals surface area contributed by atoms with Crippen LogP contribution in [0.1, 0.15) is 52.4 Å². The van der Waals surface area contributed by atoms with E-state index in [4.69, 9.17) is 0 Å². The fraction of sp³-hybridized carbons (Fsp3) is 0.947. The quantitative estimate of drug-likeness (QED) is 0.669. The van der Waals surface area contributed by atoms with Crippen LogP contribution in [0.3, 0.4) is 0 Å². The highest BCUT2D eigenvalue weighted by atomic mass is 16.2. The van der Waals surface area contributed by atoms with Gasteiger partial charge in [-0.1, -0.05) is 13.8 Å². The summed E-state index contributed by atoms with van der Waals surface area (Å²) in [6.45, 7) is 13.3. The van der Waals surface area contributed by atoms with Gasteiger partial charge < -0.3 is 20.4 Å². The summed E-state index contributed by atoms with van der Waals surface area (Å²) in [6.07, 6.45) is 7.57. The highest BCUT2D eigenvalue weighted by Crippen LogP contribution is 2.16. The molecule has 1 atom stereocenters. The molecule has 2 N–H and O–H groups in total. The average molecular weight is 339 g/mol. The zero-order valence-electron chi connectivity index (χ0n) is 15.9. The molecule has 2 aliphatic heterocycles. The van der Waals surface area contributed by atoms with Crippen molar-refractivity contribution in [2.45, 2.75) is 52.4 Å². The van der Waals surface area contributed by atoms with Crippen molar-refractivity contribution in [2.75, 3.05) is 52.4 Å². The van der Waals surface area contributed by atoms with Crippen molar-refractivity contribution in [1.82, 2.24) is 20.4 Å². The number of nitrogens with one attached hydrogen (secondary N) is 2. The SMILES string of the molecule is CC1CCN(CCNC(=O)NCCCCN2CCCC(C)C2)CC1. The summed E-state index contributed by atoms with van der Waals surface area (Å²) in [7, 11) is 0. The number of urea groups is 1. The molecule has 2 aliphatic rings. The van der Waals surface area contributed by atoms with Crippen LogP contribution in [0.4, 0.5) is 4.79 Å². The summed E-state index contributed by atoms with van der Waals surface area (Å²) in [5.41, 5.74) is 0. The predicted molar refractivity (Wildman–Crippen MR) is 100 cm³/mol. The molecule has 2 amide bonds. The van der Waals surface area contributed by atoms with E-state index in [2.05, 4.69) is 34.3 Å². The van der Waals surface area contributed by atoms with Gasteiger partial charge in [0.05, 0.1) is 0 Å². The molecule has 0 aromatic heterocycles. The van der Waals surface area contributed by atoms with Gasteiger partial charge in [0, 0.05) is 26.2 Å². The zero-order chi connectivity index (χ0) is 17.2. The Hall–Kier alpha value is -0.810. The van der Waals surface area contributed by atoms with Gasteiger partial charge in [-0.2, -0.15) is 0 Å². The lowest BCUT2D eigenvalue weighted by Crippen LogP contribution is -2.42. The Bertz CT molecular complexity index is 355. The van der Waals surface area contributed by atoms with Gasteiger partial charge in [0.25, 0.3) is 0 Å². The number of likely N-dealkylation sites (tertiary alicyclic amines) is 2. The summed E-state index contributed by atoms with van der Waals surface area (Å²) in [5.74, 6) is 1.72. The van der Waals surface area contributed by atoms with Crippen LogP contribution in [0.2, 0.25) is 0 Å². The Morgan fingerprint density at radius 1 is 0.875 bits per heavy atom. The molecule has 0 radical (unpaired) electrons. The lowest BCUT2D eigenvalue weighted by atomic mass is 9.99. The number of hydrogen-bond donors (Lipinski definition) is 2. The Morgan fingerprint density at radius 2 is 1.62 bits per heavy atom. The van der Waals surface area contributed by atoms with Crippen LogP contribution < -0.4 is 10.6 Å². The lowest BCUT2D eigenvalue weighted by molar-refractivity contribution is 0.181. The van der Waals surface area contributed by atoms with Crippen molar-refractivity contribution in [3.05, 3.63) is 0 Å². The fourth-order valence-electron chi connectivity index (χ4n) is 3.83. The maximum Gasteiger partial charge on any atom is 0.314 e. The molecule has 2 saturated heterocycles. The van der Waals surface area contributed by atoms with Crippen LogP contribution in [0.25, 0.3) is 0 Å². The molecular weight excluding hydrogens is 300 g/mol. The molecule has 1 unspecified atom stereocenters. The van der Waals surface area contributed by atoms with E-state index >= 15 is 0 Å². The fourth-order valence-corrected chi connectivity index (χ4v) is 3.83. The maximum absolute atomic E-state index is 11.8. The highest BCUT2D eigenvalue weighted by molar-refractivity contribution is 5.73. The zero-order valence-corrected chi connectivity index (χ0v) is 15.9. The van der Waals surface area contributed by atoms with E-state index in [1.807, 2.05) is 0 Å². The van der Waals surface area contributed by atoms with Crippen LogP contribution in [0.15, 0.2) is 0 Å². The van der Waals surface area contributed by atoms with Gasteiger partial charge in [0.2, 0.25) is 0 Å². The molecule has 5 nitrogen and oxygen atoms in total. The third-order valence-corrected chi connectivity index (χ3v) is 5.52. The summed E-state index contributed by atoms with van der Waals surface area (Å²) < 4.78 is 0. The first kappa shape index (κ1) is 19.5. The second-order valence-electron chi connectivity index (χ2n) is 7.96. The van der Waals surface area contributed by atoms with Gasteiger partial charge in [0.1, 0.15) is 0 Å². The number of carbonyl (C=O) groups is 1. The van der Waals surface area contributed by atoms with Crippen molar-refractivity contribution >= 4 is 6.03 Å². The summed E-state index contributed by atoms with van der Waals surface area (Å²) in [4.78, 5) is 16.8. The minimum Gasteiger partial charge on any atom is -0.338 e. The Morgan fingerprint density at radius 3 is 2.38 bits per heavy atom. The normalized spacial score (nSPS) is 24.0. The second kappa shape index (κ2) is 10.9. The Kier molecular flexibility index (Phi) is 8.89. The standard InChI is InChI=1S/C19H38N4O/c1-17-7-13-22(14-8-17)15-10-21-19(24)20-9-3-4-11-23-12-5-6-18(2)16-23/h17-18H,3-16H2,1-2H3,(H2,20,21,24). The van der Waals surface area contributed by atoms with Gasteiger partial charge >= 0.3 is 6.03 Å². The van der Waals surface area contributed by atoms with Crippen LogP contribution in [-0.2, 0) is 0 Å². The molecule has 24 heavy (non-hydrogen) atoms. The molecule has 2 heterocycles. The Balaban J connectivity index is 1.41. The van der Waals surface area contributed by atoms with Gasteiger partial charge in [-0.25, -0.2) is 4.79 Å². The summed E-state index contributed by atoms with van der Waals surface area (Å²) in [6, 6.07) is -0.00743. The monoisotopic (exact) mass is 338 g/mol. The van der Waals surface area contributed by atoms with E-state index in [1.54, 1.807) is 0 Å². The van der Waals surface area contributed by atoms with Crippen LogP contribution in [0, 0.1) is 11.8 Å². The van der Waals surface area contributed by atoms with Crippen LogP contribution in [-0.4, -0.2) is 68.2 Å².